The normalized spacial score (nSPS) is 14.8. The lowest BCUT2D eigenvalue weighted by Crippen LogP contribution is -2.52. The van der Waals surface area contributed by atoms with Crippen LogP contribution in [0.4, 0.5) is 5.00 Å². The van der Waals surface area contributed by atoms with Gasteiger partial charge in [0.1, 0.15) is 0 Å². The van der Waals surface area contributed by atoms with Gasteiger partial charge in [0.15, 0.2) is 5.96 Å². The van der Waals surface area contributed by atoms with Gasteiger partial charge in [-0.05, 0) is 30.5 Å². The molecule has 1 aliphatic heterocycles. The van der Waals surface area contributed by atoms with Crippen molar-refractivity contribution in [3.8, 4) is 5.88 Å². The quantitative estimate of drug-likeness (QED) is 0.399. The minimum atomic E-state index is 0. The maximum atomic E-state index is 5.18. The van der Waals surface area contributed by atoms with Gasteiger partial charge >= 0.3 is 0 Å². The molecule has 26 heavy (non-hydrogen) atoms. The molecule has 0 atom stereocenters. The van der Waals surface area contributed by atoms with Gasteiger partial charge < -0.3 is 19.9 Å². The molecular weight excluding hydrogens is 461 g/mol. The van der Waals surface area contributed by atoms with Crippen molar-refractivity contribution in [2.24, 2.45) is 4.99 Å². The number of anilines is 1. The average Bonchev–Trinajstić information content (AvgIpc) is 3.20. The van der Waals surface area contributed by atoms with Crippen molar-refractivity contribution >= 4 is 46.3 Å². The zero-order valence-corrected chi connectivity index (χ0v) is 18.4. The van der Waals surface area contributed by atoms with Crippen LogP contribution in [0.5, 0.6) is 5.88 Å². The van der Waals surface area contributed by atoms with Crippen molar-refractivity contribution < 1.29 is 4.74 Å². The molecule has 3 heterocycles. The first-order chi connectivity index (χ1) is 12.3. The molecule has 0 aliphatic carbocycles. The SMILES string of the molecule is CCNC(=NCc1cccc(OC)n1)N1CCN(c2cccs2)CC1.I. The summed E-state index contributed by atoms with van der Waals surface area (Å²) in [4.78, 5) is 14.0. The van der Waals surface area contributed by atoms with Gasteiger partial charge in [-0.15, -0.1) is 35.3 Å². The summed E-state index contributed by atoms with van der Waals surface area (Å²) in [6.07, 6.45) is 0. The predicted molar refractivity (Wildman–Crippen MR) is 119 cm³/mol. The number of aromatic nitrogens is 1. The average molecular weight is 487 g/mol. The van der Waals surface area contributed by atoms with E-state index < -0.39 is 0 Å². The maximum Gasteiger partial charge on any atom is 0.213 e. The van der Waals surface area contributed by atoms with Crippen LogP contribution in [0.1, 0.15) is 12.6 Å². The van der Waals surface area contributed by atoms with Crippen molar-refractivity contribution in [1.82, 2.24) is 15.2 Å². The number of methoxy groups -OCH3 is 1. The van der Waals surface area contributed by atoms with Gasteiger partial charge in [-0.2, -0.15) is 0 Å². The van der Waals surface area contributed by atoms with Crippen LogP contribution >= 0.6 is 35.3 Å². The summed E-state index contributed by atoms with van der Waals surface area (Å²) in [5.41, 5.74) is 0.909. The van der Waals surface area contributed by atoms with E-state index in [1.165, 1.54) is 5.00 Å². The molecule has 0 radical (unpaired) electrons. The molecule has 0 unspecified atom stereocenters. The second-order valence-corrected chi connectivity index (χ2v) is 6.69. The third-order valence-corrected chi connectivity index (χ3v) is 5.04. The third-order valence-electron chi connectivity index (χ3n) is 4.11. The first-order valence-electron chi connectivity index (χ1n) is 8.61. The van der Waals surface area contributed by atoms with Gasteiger partial charge in [-0.3, -0.25) is 0 Å². The summed E-state index contributed by atoms with van der Waals surface area (Å²) in [6.45, 7) is 7.47. The first-order valence-corrected chi connectivity index (χ1v) is 9.49. The van der Waals surface area contributed by atoms with E-state index >= 15 is 0 Å². The second-order valence-electron chi connectivity index (χ2n) is 5.77. The number of ether oxygens (including phenoxy) is 1. The number of nitrogens with zero attached hydrogens (tertiary/aromatic N) is 4. The molecule has 0 saturated carbocycles. The number of piperazine rings is 1. The highest BCUT2D eigenvalue weighted by Crippen LogP contribution is 2.22. The van der Waals surface area contributed by atoms with E-state index in [4.69, 9.17) is 9.73 Å². The van der Waals surface area contributed by atoms with Crippen LogP contribution in [-0.4, -0.2) is 55.7 Å². The van der Waals surface area contributed by atoms with Crippen molar-refractivity contribution in [2.75, 3.05) is 44.7 Å². The van der Waals surface area contributed by atoms with Gasteiger partial charge in [0.25, 0.3) is 0 Å². The molecule has 3 rings (SSSR count). The highest BCUT2D eigenvalue weighted by molar-refractivity contribution is 14.0. The number of pyridine rings is 1. The molecule has 2 aromatic rings. The monoisotopic (exact) mass is 487 g/mol. The Bertz CT molecular complexity index is 687. The lowest BCUT2D eigenvalue weighted by atomic mass is 10.3. The molecule has 8 heteroatoms. The molecule has 1 fully saturated rings. The molecule has 0 amide bonds. The Morgan fingerprint density at radius 3 is 2.69 bits per heavy atom. The number of hydrogen-bond donors (Lipinski definition) is 1. The van der Waals surface area contributed by atoms with Crippen molar-refractivity contribution in [3.05, 3.63) is 41.4 Å². The first kappa shape index (κ1) is 20.8. The summed E-state index contributed by atoms with van der Waals surface area (Å²) in [6, 6.07) is 10.1. The number of rotatable bonds is 5. The molecule has 0 aromatic carbocycles. The lowest BCUT2D eigenvalue weighted by Gasteiger charge is -2.37. The number of hydrogen-bond acceptors (Lipinski definition) is 5. The molecule has 142 valence electrons. The molecule has 1 aliphatic rings. The maximum absolute atomic E-state index is 5.18. The van der Waals surface area contributed by atoms with E-state index in [0.29, 0.717) is 12.4 Å². The Balaban J connectivity index is 0.00000243. The van der Waals surface area contributed by atoms with Gasteiger partial charge in [0.2, 0.25) is 5.88 Å². The Morgan fingerprint density at radius 2 is 2.04 bits per heavy atom. The Hall–Kier alpha value is -1.55. The smallest absolute Gasteiger partial charge is 0.213 e. The second kappa shape index (κ2) is 10.6. The summed E-state index contributed by atoms with van der Waals surface area (Å²) >= 11 is 1.80. The standard InChI is InChI=1S/C18H25N5OS.HI/c1-3-19-18(20-14-15-6-4-7-16(21-15)24-2)23-11-9-22(10-12-23)17-8-5-13-25-17;/h4-8,13H,3,9-12,14H2,1-2H3,(H,19,20);1H. The van der Waals surface area contributed by atoms with Gasteiger partial charge in [0, 0.05) is 38.8 Å². The minimum absolute atomic E-state index is 0. The Morgan fingerprint density at radius 1 is 1.23 bits per heavy atom. The lowest BCUT2D eigenvalue weighted by molar-refractivity contribution is 0.373. The van der Waals surface area contributed by atoms with E-state index in [-0.39, 0.29) is 24.0 Å². The zero-order valence-electron chi connectivity index (χ0n) is 15.2. The van der Waals surface area contributed by atoms with E-state index in [1.807, 2.05) is 18.2 Å². The van der Waals surface area contributed by atoms with Gasteiger partial charge in [-0.1, -0.05) is 6.07 Å². The molecular formula is C18H26IN5OS. The van der Waals surface area contributed by atoms with Crippen LogP contribution in [0.15, 0.2) is 40.7 Å². The number of thiophene rings is 1. The Labute approximate surface area is 176 Å². The fourth-order valence-electron chi connectivity index (χ4n) is 2.83. The van der Waals surface area contributed by atoms with E-state index in [1.54, 1.807) is 18.4 Å². The minimum Gasteiger partial charge on any atom is -0.481 e. The zero-order chi connectivity index (χ0) is 17.5. The summed E-state index contributed by atoms with van der Waals surface area (Å²) in [5, 5.41) is 6.88. The van der Waals surface area contributed by atoms with Crippen LogP contribution in [0.2, 0.25) is 0 Å². The number of guanidine groups is 1. The van der Waals surface area contributed by atoms with Crippen molar-refractivity contribution in [1.29, 1.82) is 0 Å². The summed E-state index contributed by atoms with van der Waals surface area (Å²) in [7, 11) is 1.63. The summed E-state index contributed by atoms with van der Waals surface area (Å²) < 4.78 is 5.18. The van der Waals surface area contributed by atoms with Crippen LogP contribution in [0.3, 0.4) is 0 Å². The molecule has 1 N–H and O–H groups in total. The largest absolute Gasteiger partial charge is 0.481 e. The van der Waals surface area contributed by atoms with Crippen LogP contribution < -0.4 is 15.0 Å². The molecule has 2 aromatic heterocycles. The van der Waals surface area contributed by atoms with Crippen molar-refractivity contribution in [2.45, 2.75) is 13.5 Å². The molecule has 0 bridgehead atoms. The number of halogens is 1. The fraction of sp³-hybridized carbons (Fsp3) is 0.444. The Kier molecular flexibility index (Phi) is 8.43. The van der Waals surface area contributed by atoms with E-state index in [0.717, 1.165) is 44.4 Å². The van der Waals surface area contributed by atoms with E-state index in [9.17, 15) is 0 Å². The highest BCUT2D eigenvalue weighted by Gasteiger charge is 2.20. The molecule has 6 nitrogen and oxygen atoms in total. The van der Waals surface area contributed by atoms with Crippen LogP contribution in [-0.2, 0) is 6.54 Å². The summed E-state index contributed by atoms with van der Waals surface area (Å²) in [5.74, 6) is 1.58. The number of nitrogens with one attached hydrogen (secondary N) is 1. The van der Waals surface area contributed by atoms with Gasteiger partial charge in [0.05, 0.1) is 24.3 Å². The number of aliphatic imine (C=N–C) groups is 1. The van der Waals surface area contributed by atoms with Crippen molar-refractivity contribution in [3.63, 3.8) is 0 Å². The van der Waals surface area contributed by atoms with Crippen LogP contribution in [0, 0.1) is 0 Å². The topological polar surface area (TPSA) is 53.0 Å². The molecule has 1 saturated heterocycles. The fourth-order valence-corrected chi connectivity index (χ4v) is 3.61. The van der Waals surface area contributed by atoms with E-state index in [2.05, 4.69) is 44.5 Å². The highest BCUT2D eigenvalue weighted by atomic mass is 127. The van der Waals surface area contributed by atoms with Crippen LogP contribution in [0.25, 0.3) is 0 Å². The van der Waals surface area contributed by atoms with Gasteiger partial charge in [-0.25, -0.2) is 9.98 Å². The molecule has 0 spiro atoms. The third kappa shape index (κ3) is 5.47. The predicted octanol–water partition coefficient (Wildman–Crippen LogP) is 3.06.